The molecule has 2 unspecified atom stereocenters. The Morgan fingerprint density at radius 1 is 1.50 bits per heavy atom. The highest BCUT2D eigenvalue weighted by atomic mass is 79.9. The Bertz CT molecular complexity index is 546. The molecule has 1 saturated heterocycles. The predicted octanol–water partition coefficient (Wildman–Crippen LogP) is 0.508. The van der Waals surface area contributed by atoms with Crippen LogP contribution in [0.3, 0.4) is 0 Å². The molecule has 2 aromatic heterocycles. The average molecular weight is 313 g/mol. The molecule has 1 aliphatic rings. The van der Waals surface area contributed by atoms with E-state index in [1.165, 1.54) is 0 Å². The van der Waals surface area contributed by atoms with E-state index in [4.69, 9.17) is 4.74 Å². The van der Waals surface area contributed by atoms with Gasteiger partial charge in [0.15, 0.2) is 11.5 Å². The summed E-state index contributed by atoms with van der Waals surface area (Å²) in [5.74, 6) is 0.902. The summed E-state index contributed by atoms with van der Waals surface area (Å²) >= 11 is 3.46. The Morgan fingerprint density at radius 3 is 3.22 bits per heavy atom. The molecule has 0 amide bonds. The van der Waals surface area contributed by atoms with Crippen LogP contribution in [-0.2, 0) is 4.74 Å². The lowest BCUT2D eigenvalue weighted by atomic mass is 10.2. The van der Waals surface area contributed by atoms with Crippen molar-refractivity contribution in [2.24, 2.45) is 0 Å². The number of alkyl halides is 1. The van der Waals surface area contributed by atoms with Crippen LogP contribution in [0.25, 0.3) is 5.65 Å². The van der Waals surface area contributed by atoms with Crippen LogP contribution in [-0.4, -0.2) is 55.7 Å². The lowest BCUT2D eigenvalue weighted by Gasteiger charge is -2.38. The maximum atomic E-state index is 5.71. The van der Waals surface area contributed by atoms with Gasteiger partial charge in [-0.2, -0.15) is 4.52 Å². The van der Waals surface area contributed by atoms with Crippen molar-refractivity contribution in [3.8, 4) is 0 Å². The summed E-state index contributed by atoms with van der Waals surface area (Å²) in [6.07, 6.45) is 3.61. The van der Waals surface area contributed by atoms with Crippen LogP contribution in [0.4, 0.5) is 5.82 Å². The first-order chi connectivity index (χ1) is 8.79. The van der Waals surface area contributed by atoms with Crippen LogP contribution >= 0.6 is 15.9 Å². The van der Waals surface area contributed by atoms with Gasteiger partial charge < -0.3 is 9.64 Å². The van der Waals surface area contributed by atoms with Gasteiger partial charge in [-0.25, -0.2) is 0 Å². The third-order valence-electron chi connectivity index (χ3n) is 3.06. The highest BCUT2D eigenvalue weighted by Crippen LogP contribution is 2.21. The van der Waals surface area contributed by atoms with Crippen molar-refractivity contribution in [2.75, 3.05) is 23.4 Å². The third kappa shape index (κ3) is 1.95. The van der Waals surface area contributed by atoms with Crippen LogP contribution in [0.2, 0.25) is 0 Å². The number of halogens is 1. The maximum absolute atomic E-state index is 5.71. The first kappa shape index (κ1) is 11.8. The summed E-state index contributed by atoms with van der Waals surface area (Å²) < 4.78 is 7.42. The summed E-state index contributed by atoms with van der Waals surface area (Å²) in [5, 5.41) is 12.4. The van der Waals surface area contributed by atoms with Gasteiger partial charge in [0.2, 0.25) is 0 Å². The number of nitrogens with zero attached hydrogens (tertiary/aromatic N) is 6. The first-order valence-electron chi connectivity index (χ1n) is 5.76. The van der Waals surface area contributed by atoms with E-state index in [0.29, 0.717) is 12.3 Å². The molecular formula is C10H13BrN6O. The molecule has 2 aromatic rings. The smallest absolute Gasteiger partial charge is 0.199 e. The monoisotopic (exact) mass is 312 g/mol. The van der Waals surface area contributed by atoms with E-state index < -0.39 is 0 Å². The topological polar surface area (TPSA) is 68.4 Å². The van der Waals surface area contributed by atoms with Crippen molar-refractivity contribution in [3.05, 3.63) is 12.4 Å². The fourth-order valence-electron chi connectivity index (χ4n) is 2.09. The van der Waals surface area contributed by atoms with Crippen molar-refractivity contribution in [1.29, 1.82) is 0 Å². The second-order valence-corrected chi connectivity index (χ2v) is 4.97. The number of ether oxygens (including phenoxy) is 1. The number of hydrogen-bond acceptors (Lipinski definition) is 6. The van der Waals surface area contributed by atoms with Crippen LogP contribution in [0.5, 0.6) is 0 Å². The zero-order valence-electron chi connectivity index (χ0n) is 9.90. The molecule has 0 saturated carbocycles. The molecule has 0 radical (unpaired) electrons. The quantitative estimate of drug-likeness (QED) is 0.753. The van der Waals surface area contributed by atoms with Crippen LogP contribution < -0.4 is 4.90 Å². The summed E-state index contributed by atoms with van der Waals surface area (Å²) in [6.45, 7) is 3.61. The molecule has 0 spiro atoms. The van der Waals surface area contributed by atoms with Gasteiger partial charge in [-0.15, -0.1) is 5.10 Å². The molecule has 2 atom stereocenters. The minimum absolute atomic E-state index is 0.174. The Kier molecular flexibility index (Phi) is 3.13. The molecular weight excluding hydrogens is 300 g/mol. The van der Waals surface area contributed by atoms with E-state index in [1.54, 1.807) is 16.9 Å². The van der Waals surface area contributed by atoms with E-state index in [0.717, 1.165) is 17.7 Å². The Balaban J connectivity index is 1.99. The standard InChI is InChI=1S/C10H13BrN6O/c1-7-6-18-8(2-11)5-16(7)10-4-12-3-9-13-14-15-17(9)10/h3-4,7-8H,2,5-6H2,1H3. The average Bonchev–Trinajstić information content (AvgIpc) is 2.87. The molecule has 1 aliphatic heterocycles. The number of rotatable bonds is 2. The van der Waals surface area contributed by atoms with Gasteiger partial charge in [-0.1, -0.05) is 15.9 Å². The highest BCUT2D eigenvalue weighted by molar-refractivity contribution is 9.09. The van der Waals surface area contributed by atoms with Crippen molar-refractivity contribution in [1.82, 2.24) is 25.0 Å². The lowest BCUT2D eigenvalue weighted by Crippen LogP contribution is -2.49. The largest absolute Gasteiger partial charge is 0.373 e. The molecule has 7 nitrogen and oxygen atoms in total. The minimum Gasteiger partial charge on any atom is -0.373 e. The molecule has 1 fully saturated rings. The molecule has 0 aliphatic carbocycles. The van der Waals surface area contributed by atoms with E-state index in [9.17, 15) is 0 Å². The number of tetrazole rings is 1. The maximum Gasteiger partial charge on any atom is 0.199 e. The number of hydrogen-bond donors (Lipinski definition) is 0. The minimum atomic E-state index is 0.174. The van der Waals surface area contributed by atoms with Crippen molar-refractivity contribution in [3.63, 3.8) is 0 Å². The van der Waals surface area contributed by atoms with Gasteiger partial charge in [0.25, 0.3) is 0 Å². The molecule has 0 bridgehead atoms. The summed E-state index contributed by atoms with van der Waals surface area (Å²) in [5.41, 5.74) is 0.654. The molecule has 3 heterocycles. The zero-order valence-corrected chi connectivity index (χ0v) is 11.5. The van der Waals surface area contributed by atoms with Crippen LogP contribution in [0.15, 0.2) is 12.4 Å². The first-order valence-corrected chi connectivity index (χ1v) is 6.88. The normalized spacial score (nSPS) is 24.7. The molecule has 96 valence electrons. The van der Waals surface area contributed by atoms with Gasteiger partial charge >= 0.3 is 0 Å². The molecule has 3 rings (SSSR count). The Hall–Kier alpha value is -1.28. The van der Waals surface area contributed by atoms with Crippen molar-refractivity contribution < 1.29 is 4.74 Å². The van der Waals surface area contributed by atoms with Gasteiger partial charge in [0, 0.05) is 11.9 Å². The number of morpholine rings is 1. The van der Waals surface area contributed by atoms with Crippen LogP contribution in [0.1, 0.15) is 6.92 Å². The van der Waals surface area contributed by atoms with Gasteiger partial charge in [-0.3, -0.25) is 4.98 Å². The van der Waals surface area contributed by atoms with Crippen molar-refractivity contribution in [2.45, 2.75) is 19.1 Å². The Labute approximate surface area is 112 Å². The van der Waals surface area contributed by atoms with E-state index in [1.807, 2.05) is 0 Å². The lowest BCUT2D eigenvalue weighted by molar-refractivity contribution is 0.0374. The van der Waals surface area contributed by atoms with Crippen molar-refractivity contribution >= 4 is 27.4 Å². The molecule has 8 heteroatoms. The number of fused-ring (bicyclic) bond motifs is 1. The highest BCUT2D eigenvalue weighted by Gasteiger charge is 2.27. The predicted molar refractivity (Wildman–Crippen MR) is 68.9 cm³/mol. The summed E-state index contributed by atoms with van der Waals surface area (Å²) in [6, 6.07) is 0.275. The van der Waals surface area contributed by atoms with Gasteiger partial charge in [0.05, 0.1) is 31.1 Å². The van der Waals surface area contributed by atoms with Gasteiger partial charge in [0.1, 0.15) is 0 Å². The fourth-order valence-corrected chi connectivity index (χ4v) is 2.48. The molecule has 18 heavy (non-hydrogen) atoms. The zero-order chi connectivity index (χ0) is 12.5. The summed E-state index contributed by atoms with van der Waals surface area (Å²) in [7, 11) is 0. The Morgan fingerprint density at radius 2 is 2.39 bits per heavy atom. The third-order valence-corrected chi connectivity index (χ3v) is 3.78. The second-order valence-electron chi connectivity index (χ2n) is 4.33. The molecule has 0 aromatic carbocycles. The summed E-state index contributed by atoms with van der Waals surface area (Å²) in [4.78, 5) is 6.42. The fraction of sp³-hybridized carbons (Fsp3) is 0.600. The van der Waals surface area contributed by atoms with E-state index in [-0.39, 0.29) is 12.1 Å². The number of aromatic nitrogens is 5. The second kappa shape index (κ2) is 4.77. The van der Waals surface area contributed by atoms with E-state index >= 15 is 0 Å². The van der Waals surface area contributed by atoms with Crippen LogP contribution in [0, 0.1) is 0 Å². The van der Waals surface area contributed by atoms with Gasteiger partial charge in [-0.05, 0) is 17.4 Å². The molecule has 0 N–H and O–H groups in total. The SMILES string of the molecule is CC1COC(CBr)CN1c1cncc2nnnn12. The number of anilines is 1. The van der Waals surface area contributed by atoms with E-state index in [2.05, 4.69) is 48.3 Å².